The van der Waals surface area contributed by atoms with Gasteiger partial charge < -0.3 is 19.4 Å². The first-order chi connectivity index (χ1) is 13.7. The van der Waals surface area contributed by atoms with Gasteiger partial charge in [-0.3, -0.25) is 4.79 Å². The molecule has 0 unspecified atom stereocenters. The Bertz CT molecular complexity index is 817. The zero-order chi connectivity index (χ0) is 19.3. The monoisotopic (exact) mass is 384 g/mol. The molecule has 8 nitrogen and oxygen atoms in total. The third kappa shape index (κ3) is 4.17. The summed E-state index contributed by atoms with van der Waals surface area (Å²) in [5.41, 5.74) is 1.07. The summed E-state index contributed by atoms with van der Waals surface area (Å²) < 4.78 is 10.9. The van der Waals surface area contributed by atoms with Crippen LogP contribution in [-0.2, 0) is 11.3 Å². The summed E-state index contributed by atoms with van der Waals surface area (Å²) in [5, 5.41) is 2.88. The maximum Gasteiger partial charge on any atom is 0.328 e. The lowest BCUT2D eigenvalue weighted by molar-refractivity contribution is 0.0639. The molecule has 4 rings (SSSR count). The molecule has 2 fully saturated rings. The summed E-state index contributed by atoms with van der Waals surface area (Å²) in [4.78, 5) is 32.3. The van der Waals surface area contributed by atoms with Gasteiger partial charge >= 0.3 is 12.0 Å². The largest absolute Gasteiger partial charge is 0.418 e. The predicted octanol–water partition coefficient (Wildman–Crippen LogP) is 2.27. The van der Waals surface area contributed by atoms with Crippen molar-refractivity contribution in [3.05, 3.63) is 47.9 Å². The Morgan fingerprint density at radius 2 is 1.96 bits per heavy atom. The van der Waals surface area contributed by atoms with E-state index in [4.69, 9.17) is 9.15 Å². The summed E-state index contributed by atoms with van der Waals surface area (Å²) in [6.07, 6.45) is 3.27. The van der Waals surface area contributed by atoms with Gasteiger partial charge in [0.15, 0.2) is 0 Å². The lowest BCUT2D eigenvalue weighted by atomic mass is 10.0. The molecule has 3 heterocycles. The average molecular weight is 384 g/mol. The van der Waals surface area contributed by atoms with Crippen molar-refractivity contribution in [1.29, 1.82) is 0 Å². The number of nitrogens with zero attached hydrogens (tertiary/aromatic N) is 3. The zero-order valence-electron chi connectivity index (χ0n) is 15.7. The third-order valence-corrected chi connectivity index (χ3v) is 5.15. The molecular weight excluding hydrogens is 360 g/mol. The van der Waals surface area contributed by atoms with Crippen molar-refractivity contribution in [3.8, 4) is 0 Å². The highest BCUT2D eigenvalue weighted by atomic mass is 16.5. The van der Waals surface area contributed by atoms with Gasteiger partial charge in [-0.25, -0.2) is 14.7 Å². The maximum atomic E-state index is 12.7. The fourth-order valence-corrected chi connectivity index (χ4v) is 3.48. The highest BCUT2D eigenvalue weighted by molar-refractivity contribution is 5.94. The van der Waals surface area contributed by atoms with Gasteiger partial charge in [-0.2, -0.15) is 0 Å². The Hall–Kier alpha value is -2.87. The van der Waals surface area contributed by atoms with Crippen LogP contribution in [0.25, 0.3) is 0 Å². The van der Waals surface area contributed by atoms with Crippen LogP contribution >= 0.6 is 0 Å². The van der Waals surface area contributed by atoms with Crippen LogP contribution in [0.4, 0.5) is 10.8 Å². The Balaban J connectivity index is 1.33. The van der Waals surface area contributed by atoms with E-state index in [0.717, 1.165) is 31.6 Å². The predicted molar refractivity (Wildman–Crippen MR) is 102 cm³/mol. The number of hydrogen-bond donors (Lipinski definition) is 1. The lowest BCUT2D eigenvalue weighted by Gasteiger charge is -2.21. The topological polar surface area (TPSA) is 87.9 Å². The van der Waals surface area contributed by atoms with Crippen molar-refractivity contribution < 1.29 is 18.7 Å². The summed E-state index contributed by atoms with van der Waals surface area (Å²) in [7, 11) is 0. The molecule has 0 bridgehead atoms. The number of nitrogens with one attached hydrogen (secondary N) is 1. The molecule has 3 amide bonds. The number of benzene rings is 1. The minimum Gasteiger partial charge on any atom is -0.418 e. The first-order valence-corrected chi connectivity index (χ1v) is 9.63. The smallest absolute Gasteiger partial charge is 0.328 e. The Kier molecular flexibility index (Phi) is 5.57. The second-order valence-corrected chi connectivity index (χ2v) is 7.11. The number of amides is 3. The molecular formula is C20H24N4O4. The van der Waals surface area contributed by atoms with E-state index < -0.39 is 0 Å². The van der Waals surface area contributed by atoms with Crippen LogP contribution in [0.1, 0.15) is 29.0 Å². The van der Waals surface area contributed by atoms with Crippen LogP contribution in [0.15, 0.2) is 40.9 Å². The van der Waals surface area contributed by atoms with Crippen LogP contribution in [0.5, 0.6) is 0 Å². The second kappa shape index (κ2) is 8.43. The van der Waals surface area contributed by atoms with Gasteiger partial charge in [0.2, 0.25) is 5.76 Å². The molecule has 1 aromatic heterocycles. The summed E-state index contributed by atoms with van der Waals surface area (Å²) in [6, 6.07) is 9.82. The minimum absolute atomic E-state index is 0.122. The molecule has 0 saturated carbocycles. The van der Waals surface area contributed by atoms with E-state index in [-0.39, 0.29) is 23.7 Å². The Morgan fingerprint density at radius 3 is 2.75 bits per heavy atom. The molecule has 2 aliphatic rings. The Labute approximate surface area is 163 Å². The molecule has 0 radical (unpaired) electrons. The molecule has 8 heteroatoms. The number of anilines is 1. The molecule has 1 N–H and O–H groups in total. The van der Waals surface area contributed by atoms with Crippen LogP contribution in [0, 0.1) is 5.92 Å². The van der Waals surface area contributed by atoms with Gasteiger partial charge in [-0.1, -0.05) is 30.3 Å². The van der Waals surface area contributed by atoms with E-state index in [9.17, 15) is 9.59 Å². The van der Waals surface area contributed by atoms with Crippen molar-refractivity contribution in [1.82, 2.24) is 15.2 Å². The molecule has 28 heavy (non-hydrogen) atoms. The first-order valence-electron chi connectivity index (χ1n) is 9.63. The van der Waals surface area contributed by atoms with Gasteiger partial charge in [0.1, 0.15) is 0 Å². The lowest BCUT2D eigenvalue weighted by Crippen LogP contribution is -2.32. The van der Waals surface area contributed by atoms with Gasteiger partial charge in [0.25, 0.3) is 5.91 Å². The van der Waals surface area contributed by atoms with E-state index in [0.29, 0.717) is 32.1 Å². The number of aromatic nitrogens is 1. The molecule has 2 saturated heterocycles. The van der Waals surface area contributed by atoms with Gasteiger partial charge in [-0.05, 0) is 24.3 Å². The highest BCUT2D eigenvalue weighted by Crippen LogP contribution is 2.22. The summed E-state index contributed by atoms with van der Waals surface area (Å²) in [6.45, 7) is 3.67. The number of ether oxygens (including phenoxy) is 1. The highest BCUT2D eigenvalue weighted by Gasteiger charge is 2.33. The summed E-state index contributed by atoms with van der Waals surface area (Å²) in [5.74, 6) is 0.237. The molecule has 0 atom stereocenters. The van der Waals surface area contributed by atoms with E-state index >= 15 is 0 Å². The van der Waals surface area contributed by atoms with Crippen LogP contribution in [0.2, 0.25) is 0 Å². The molecule has 148 valence electrons. The van der Waals surface area contributed by atoms with Gasteiger partial charge in [-0.15, -0.1) is 0 Å². The standard InChI is InChI=1S/C20H24N4O4/c25-18(21-12-15-6-10-27-11-7-15)17-13-22-19(28-17)24-9-8-23(20(24)26)14-16-4-2-1-3-5-16/h1-5,13,15H,6-12,14H2,(H,21,25). The summed E-state index contributed by atoms with van der Waals surface area (Å²) >= 11 is 0. The van der Waals surface area contributed by atoms with Gasteiger partial charge in [0.05, 0.1) is 6.20 Å². The quantitative estimate of drug-likeness (QED) is 0.825. The van der Waals surface area contributed by atoms with Crippen LogP contribution in [0.3, 0.4) is 0 Å². The molecule has 2 aliphatic heterocycles. The number of hydrogen-bond acceptors (Lipinski definition) is 5. The molecule has 1 aromatic carbocycles. The number of oxazole rings is 1. The maximum absolute atomic E-state index is 12.7. The van der Waals surface area contributed by atoms with Crippen molar-refractivity contribution in [3.63, 3.8) is 0 Å². The first kappa shape index (κ1) is 18.5. The van der Waals surface area contributed by atoms with Crippen molar-refractivity contribution in [2.75, 3.05) is 37.7 Å². The van der Waals surface area contributed by atoms with E-state index in [1.54, 1.807) is 4.90 Å². The van der Waals surface area contributed by atoms with E-state index in [1.165, 1.54) is 11.1 Å². The SMILES string of the molecule is O=C(NCC1CCOCC1)c1cnc(N2CCN(Cc3ccccc3)C2=O)o1. The Morgan fingerprint density at radius 1 is 1.18 bits per heavy atom. The van der Waals surface area contributed by atoms with Crippen molar-refractivity contribution in [2.45, 2.75) is 19.4 Å². The van der Waals surface area contributed by atoms with Crippen molar-refractivity contribution >= 4 is 18.0 Å². The van der Waals surface area contributed by atoms with Crippen LogP contribution in [-0.4, -0.2) is 54.7 Å². The molecule has 2 aromatic rings. The molecule has 0 spiro atoms. The molecule has 0 aliphatic carbocycles. The number of carbonyl (C=O) groups excluding carboxylic acids is 2. The average Bonchev–Trinajstić information content (AvgIpc) is 3.35. The van der Waals surface area contributed by atoms with Gasteiger partial charge in [0, 0.05) is 39.4 Å². The number of rotatable bonds is 6. The number of carbonyl (C=O) groups is 2. The fourth-order valence-electron chi connectivity index (χ4n) is 3.48. The van der Waals surface area contributed by atoms with Crippen LogP contribution < -0.4 is 10.2 Å². The second-order valence-electron chi connectivity index (χ2n) is 7.11. The van der Waals surface area contributed by atoms with Crippen molar-refractivity contribution in [2.24, 2.45) is 5.92 Å². The number of urea groups is 1. The normalized spacial score (nSPS) is 17.9. The van der Waals surface area contributed by atoms with E-state index in [1.807, 2.05) is 30.3 Å². The third-order valence-electron chi connectivity index (χ3n) is 5.15. The minimum atomic E-state index is -0.307. The zero-order valence-corrected chi connectivity index (χ0v) is 15.7. The fraction of sp³-hybridized carbons (Fsp3) is 0.450. The van der Waals surface area contributed by atoms with E-state index in [2.05, 4.69) is 10.3 Å².